The molecule has 0 saturated heterocycles. The molecular weight excluding hydrogens is 308 g/mol. The number of aromatic nitrogens is 1. The van der Waals surface area contributed by atoms with Gasteiger partial charge in [0.15, 0.2) is 0 Å². The second kappa shape index (κ2) is 4.46. The zero-order valence-electron chi connectivity index (χ0n) is 6.82. The Bertz CT molecular complexity index is 315. The summed E-state index contributed by atoms with van der Waals surface area (Å²) in [5, 5.41) is 0.543. The standard InChI is InChI=1S/C8H7Br2F2N/c1-4-5(2-9)6(10)3-13-7(4)8(11)12/h3,8H,2H2,1H3. The van der Waals surface area contributed by atoms with Crippen LogP contribution in [0.1, 0.15) is 23.2 Å². The summed E-state index contributed by atoms with van der Waals surface area (Å²) in [5.41, 5.74) is 1.23. The van der Waals surface area contributed by atoms with Gasteiger partial charge in [0, 0.05) is 16.0 Å². The van der Waals surface area contributed by atoms with Crippen LogP contribution in [0.4, 0.5) is 8.78 Å². The van der Waals surface area contributed by atoms with Crippen LogP contribution in [0.2, 0.25) is 0 Å². The second-order valence-corrected chi connectivity index (χ2v) is 3.94. The molecule has 5 heteroatoms. The van der Waals surface area contributed by atoms with Gasteiger partial charge in [-0.15, -0.1) is 0 Å². The molecule has 1 aromatic heterocycles. The average molecular weight is 315 g/mol. The number of pyridine rings is 1. The predicted octanol–water partition coefficient (Wildman–Crippen LogP) is 3.99. The molecule has 0 fully saturated rings. The maximum Gasteiger partial charge on any atom is 0.280 e. The molecular formula is C8H7Br2F2N. The van der Waals surface area contributed by atoms with Crippen LogP contribution in [-0.4, -0.2) is 4.98 Å². The molecule has 0 bridgehead atoms. The molecule has 1 nitrogen and oxygen atoms in total. The van der Waals surface area contributed by atoms with E-state index in [2.05, 4.69) is 36.8 Å². The van der Waals surface area contributed by atoms with Gasteiger partial charge in [0.05, 0.1) is 0 Å². The Morgan fingerprint density at radius 1 is 1.54 bits per heavy atom. The van der Waals surface area contributed by atoms with E-state index < -0.39 is 6.43 Å². The van der Waals surface area contributed by atoms with Crippen molar-refractivity contribution < 1.29 is 8.78 Å². The van der Waals surface area contributed by atoms with Gasteiger partial charge in [-0.1, -0.05) is 15.9 Å². The van der Waals surface area contributed by atoms with Gasteiger partial charge < -0.3 is 0 Å². The van der Waals surface area contributed by atoms with E-state index in [0.29, 0.717) is 10.9 Å². The van der Waals surface area contributed by atoms with Crippen LogP contribution in [0.5, 0.6) is 0 Å². The molecule has 13 heavy (non-hydrogen) atoms. The zero-order chi connectivity index (χ0) is 10.0. The fourth-order valence-electron chi connectivity index (χ4n) is 1.02. The van der Waals surface area contributed by atoms with E-state index in [1.807, 2.05) is 0 Å². The quantitative estimate of drug-likeness (QED) is 0.752. The summed E-state index contributed by atoms with van der Waals surface area (Å²) >= 11 is 6.49. The van der Waals surface area contributed by atoms with Crippen LogP contribution >= 0.6 is 31.9 Å². The van der Waals surface area contributed by atoms with Gasteiger partial charge in [0.25, 0.3) is 6.43 Å². The Labute approximate surface area is 91.8 Å². The highest BCUT2D eigenvalue weighted by Gasteiger charge is 2.16. The van der Waals surface area contributed by atoms with Crippen molar-refractivity contribution >= 4 is 31.9 Å². The first kappa shape index (κ1) is 11.0. The minimum absolute atomic E-state index is 0.141. The summed E-state index contributed by atoms with van der Waals surface area (Å²) in [6, 6.07) is 0. The highest BCUT2D eigenvalue weighted by atomic mass is 79.9. The van der Waals surface area contributed by atoms with Crippen molar-refractivity contribution in [3.05, 3.63) is 27.5 Å². The van der Waals surface area contributed by atoms with Gasteiger partial charge in [0.2, 0.25) is 0 Å². The van der Waals surface area contributed by atoms with Gasteiger partial charge >= 0.3 is 0 Å². The molecule has 0 aliphatic carbocycles. The monoisotopic (exact) mass is 313 g/mol. The van der Waals surface area contributed by atoms with Crippen molar-refractivity contribution in [1.29, 1.82) is 0 Å². The molecule has 0 amide bonds. The minimum atomic E-state index is -2.51. The number of nitrogens with zero attached hydrogens (tertiary/aromatic N) is 1. The van der Waals surface area contributed by atoms with E-state index in [0.717, 1.165) is 10.0 Å². The van der Waals surface area contributed by atoms with Gasteiger partial charge in [-0.2, -0.15) is 0 Å². The normalized spacial score (nSPS) is 10.9. The predicted molar refractivity (Wildman–Crippen MR) is 54.3 cm³/mol. The molecule has 0 N–H and O–H groups in total. The Kier molecular flexibility index (Phi) is 3.79. The maximum atomic E-state index is 12.4. The van der Waals surface area contributed by atoms with E-state index in [1.165, 1.54) is 6.20 Å². The Hall–Kier alpha value is -0.0300. The molecule has 0 spiro atoms. The molecule has 1 heterocycles. The van der Waals surface area contributed by atoms with E-state index in [1.54, 1.807) is 6.92 Å². The lowest BCUT2D eigenvalue weighted by Crippen LogP contribution is -1.99. The molecule has 0 saturated carbocycles. The number of halogens is 4. The van der Waals surface area contributed by atoms with E-state index in [4.69, 9.17) is 0 Å². The summed E-state index contributed by atoms with van der Waals surface area (Å²) < 4.78 is 25.5. The third-order valence-electron chi connectivity index (χ3n) is 1.78. The summed E-state index contributed by atoms with van der Waals surface area (Å²) in [5.74, 6) is 0. The van der Waals surface area contributed by atoms with Gasteiger partial charge in [0.1, 0.15) is 5.69 Å². The van der Waals surface area contributed by atoms with Crippen molar-refractivity contribution in [2.75, 3.05) is 0 Å². The molecule has 0 aromatic carbocycles. The first-order valence-corrected chi connectivity index (χ1v) is 5.47. The number of hydrogen-bond donors (Lipinski definition) is 0. The Balaban J connectivity index is 3.27. The molecule has 0 aliphatic rings. The minimum Gasteiger partial charge on any atom is -0.254 e. The summed E-state index contributed by atoms with van der Waals surface area (Å²) in [7, 11) is 0. The lowest BCUT2D eigenvalue weighted by Gasteiger charge is -2.09. The largest absolute Gasteiger partial charge is 0.280 e. The third-order valence-corrected chi connectivity index (χ3v) is 3.03. The van der Waals surface area contributed by atoms with E-state index >= 15 is 0 Å². The highest BCUT2D eigenvalue weighted by molar-refractivity contribution is 9.10. The van der Waals surface area contributed by atoms with Crippen LogP contribution in [0.3, 0.4) is 0 Å². The molecule has 72 valence electrons. The Morgan fingerprint density at radius 2 is 2.15 bits per heavy atom. The van der Waals surface area contributed by atoms with E-state index in [-0.39, 0.29) is 5.69 Å². The molecule has 0 aliphatic heterocycles. The van der Waals surface area contributed by atoms with Crippen molar-refractivity contribution in [2.24, 2.45) is 0 Å². The molecule has 0 radical (unpaired) electrons. The summed E-state index contributed by atoms with van der Waals surface area (Å²) in [6.07, 6.45) is -1.10. The molecule has 1 aromatic rings. The number of alkyl halides is 3. The fraction of sp³-hybridized carbons (Fsp3) is 0.375. The third kappa shape index (κ3) is 2.26. The Morgan fingerprint density at radius 3 is 2.62 bits per heavy atom. The van der Waals surface area contributed by atoms with Crippen molar-refractivity contribution in [3.8, 4) is 0 Å². The van der Waals surface area contributed by atoms with Gasteiger partial charge in [-0.3, -0.25) is 4.98 Å². The number of rotatable bonds is 2. The smallest absolute Gasteiger partial charge is 0.254 e. The van der Waals surface area contributed by atoms with Crippen molar-refractivity contribution in [1.82, 2.24) is 4.98 Å². The van der Waals surface area contributed by atoms with Crippen LogP contribution in [-0.2, 0) is 5.33 Å². The number of hydrogen-bond acceptors (Lipinski definition) is 1. The van der Waals surface area contributed by atoms with Crippen molar-refractivity contribution in [3.63, 3.8) is 0 Å². The summed E-state index contributed by atoms with van der Waals surface area (Å²) in [4.78, 5) is 3.67. The lowest BCUT2D eigenvalue weighted by atomic mass is 10.1. The average Bonchev–Trinajstić information content (AvgIpc) is 2.04. The topological polar surface area (TPSA) is 12.9 Å². The lowest BCUT2D eigenvalue weighted by molar-refractivity contribution is 0.145. The maximum absolute atomic E-state index is 12.4. The first-order valence-electron chi connectivity index (χ1n) is 3.56. The first-order chi connectivity index (χ1) is 6.07. The van der Waals surface area contributed by atoms with Crippen molar-refractivity contribution in [2.45, 2.75) is 18.7 Å². The van der Waals surface area contributed by atoms with Crippen LogP contribution in [0.25, 0.3) is 0 Å². The molecule has 0 unspecified atom stereocenters. The highest BCUT2D eigenvalue weighted by Crippen LogP contribution is 2.28. The molecule has 1 rings (SSSR count). The second-order valence-electron chi connectivity index (χ2n) is 2.53. The van der Waals surface area contributed by atoms with Crippen LogP contribution < -0.4 is 0 Å². The van der Waals surface area contributed by atoms with Crippen LogP contribution in [0, 0.1) is 6.92 Å². The SMILES string of the molecule is Cc1c(C(F)F)ncc(Br)c1CBr. The zero-order valence-corrected chi connectivity index (χ0v) is 9.99. The van der Waals surface area contributed by atoms with E-state index in [9.17, 15) is 8.78 Å². The van der Waals surface area contributed by atoms with Gasteiger partial charge in [-0.25, -0.2) is 8.78 Å². The summed E-state index contributed by atoms with van der Waals surface area (Å²) in [6.45, 7) is 1.65. The fourth-order valence-corrected chi connectivity index (χ4v) is 2.66. The van der Waals surface area contributed by atoms with Crippen LogP contribution in [0.15, 0.2) is 10.7 Å². The molecule has 0 atom stereocenters. The van der Waals surface area contributed by atoms with Gasteiger partial charge in [-0.05, 0) is 34.0 Å².